The van der Waals surface area contributed by atoms with Crippen LogP contribution >= 0.6 is 27.3 Å². The maximum atomic E-state index is 11.1. The first-order valence-corrected chi connectivity index (χ1v) is 9.99. The van der Waals surface area contributed by atoms with E-state index in [9.17, 15) is 9.90 Å². The minimum Gasteiger partial charge on any atom is -0.492 e. The van der Waals surface area contributed by atoms with Crippen molar-refractivity contribution in [1.29, 1.82) is 0 Å². The Balaban J connectivity index is 1.63. The molecule has 0 saturated carbocycles. The molecule has 3 N–H and O–H groups in total. The van der Waals surface area contributed by atoms with Crippen molar-refractivity contribution >= 4 is 61.9 Å². The van der Waals surface area contributed by atoms with Gasteiger partial charge in [-0.1, -0.05) is 29.5 Å². The van der Waals surface area contributed by atoms with Gasteiger partial charge in [0.25, 0.3) is 0 Å². The summed E-state index contributed by atoms with van der Waals surface area (Å²) in [5.74, 6) is 0.0368. The number of carboxylic acid groups (broad SMARTS) is 1. The van der Waals surface area contributed by atoms with Gasteiger partial charge in [-0.25, -0.2) is 19.7 Å². The molecule has 8 nitrogen and oxygen atoms in total. The number of para-hydroxylation sites is 1. The predicted molar refractivity (Wildman–Crippen MR) is 115 cm³/mol. The van der Waals surface area contributed by atoms with Crippen LogP contribution in [0.25, 0.3) is 6.08 Å². The molecule has 0 radical (unpaired) electrons. The van der Waals surface area contributed by atoms with E-state index in [4.69, 9.17) is 5.11 Å². The quantitative estimate of drug-likeness (QED) is 0.541. The maximum Gasteiger partial charge on any atom is 0.413 e. The van der Waals surface area contributed by atoms with Crippen LogP contribution in [0.4, 0.5) is 21.3 Å². The van der Waals surface area contributed by atoms with E-state index in [-0.39, 0.29) is 11.8 Å². The average molecular weight is 472 g/mol. The minimum absolute atomic E-state index is 0.0791. The summed E-state index contributed by atoms with van der Waals surface area (Å²) in [6, 6.07) is 13.0. The molecule has 1 aromatic heterocycles. The molecule has 10 heteroatoms. The van der Waals surface area contributed by atoms with Crippen molar-refractivity contribution < 1.29 is 15.0 Å². The third-order valence-corrected chi connectivity index (χ3v) is 5.67. The van der Waals surface area contributed by atoms with Gasteiger partial charge in [-0.05, 0) is 51.5 Å². The van der Waals surface area contributed by atoms with Gasteiger partial charge < -0.3 is 15.5 Å². The zero-order valence-corrected chi connectivity index (χ0v) is 17.4. The Bertz CT molecular complexity index is 1270. The summed E-state index contributed by atoms with van der Waals surface area (Å²) in [7, 11) is 1.39. The van der Waals surface area contributed by atoms with Gasteiger partial charge in [0.15, 0.2) is 5.13 Å². The highest BCUT2D eigenvalue weighted by Crippen LogP contribution is 2.32. The molecule has 0 fully saturated rings. The molecule has 146 valence electrons. The number of anilines is 2. The molecule has 4 rings (SSSR count). The molecule has 0 bridgehead atoms. The number of thiazole rings is 1. The maximum absolute atomic E-state index is 11.1. The summed E-state index contributed by atoms with van der Waals surface area (Å²) in [6.07, 6.45) is 0.652. The number of aromatic nitrogens is 1. The molecule has 0 atom stereocenters. The fraction of sp³-hybridized carbons (Fsp3) is 0.0526. The SMILES string of the molecule is CN(C(=O)O)C1=Nc2c/c(=C/c3sc(Nc4ccccc4Br)nc3O)ccc2=N1. The lowest BCUT2D eigenvalue weighted by atomic mass is 10.2. The molecule has 0 aliphatic carbocycles. The van der Waals surface area contributed by atoms with Crippen molar-refractivity contribution in [3.05, 3.63) is 62.4 Å². The topological polar surface area (TPSA) is 110 Å². The molecule has 1 aliphatic rings. The van der Waals surface area contributed by atoms with E-state index in [1.165, 1.54) is 18.4 Å². The fourth-order valence-corrected chi connectivity index (χ4v) is 3.81. The summed E-state index contributed by atoms with van der Waals surface area (Å²) >= 11 is 4.77. The molecule has 1 amide bonds. The van der Waals surface area contributed by atoms with Crippen molar-refractivity contribution in [1.82, 2.24) is 9.88 Å². The number of benzene rings is 2. The van der Waals surface area contributed by atoms with E-state index in [0.29, 0.717) is 21.1 Å². The number of nitrogens with zero attached hydrogens (tertiary/aromatic N) is 4. The molecule has 2 aromatic carbocycles. The van der Waals surface area contributed by atoms with E-state index in [1.807, 2.05) is 30.3 Å². The smallest absolute Gasteiger partial charge is 0.413 e. The zero-order valence-electron chi connectivity index (χ0n) is 15.0. The number of hydrogen-bond acceptors (Lipinski definition) is 7. The Morgan fingerprint density at radius 1 is 1.24 bits per heavy atom. The summed E-state index contributed by atoms with van der Waals surface area (Å²) in [4.78, 5) is 25.2. The van der Waals surface area contributed by atoms with E-state index in [1.54, 1.807) is 18.2 Å². The average Bonchev–Trinajstić information content (AvgIpc) is 3.26. The second-order valence-electron chi connectivity index (χ2n) is 6.07. The highest BCUT2D eigenvalue weighted by molar-refractivity contribution is 9.10. The van der Waals surface area contributed by atoms with Crippen LogP contribution in [-0.4, -0.2) is 39.2 Å². The lowest BCUT2D eigenvalue weighted by molar-refractivity contribution is 0.175. The van der Waals surface area contributed by atoms with Crippen LogP contribution in [0.15, 0.2) is 56.9 Å². The zero-order chi connectivity index (χ0) is 20.5. The van der Waals surface area contributed by atoms with Crippen molar-refractivity contribution in [3.8, 4) is 5.88 Å². The molecule has 0 unspecified atom stereocenters. The van der Waals surface area contributed by atoms with E-state index < -0.39 is 6.09 Å². The van der Waals surface area contributed by atoms with Gasteiger partial charge in [-0.3, -0.25) is 0 Å². The standard InChI is InChI=1S/C19H14BrN5O3S/c1-25(19(27)28)17-21-13-7-6-10(8-14(13)22-17)9-15-16(26)24-18(29-15)23-12-5-3-2-4-11(12)20/h2-9,26H,1H3,(H,23,24)(H,27,28)/b10-9+. The highest BCUT2D eigenvalue weighted by atomic mass is 79.9. The lowest BCUT2D eigenvalue weighted by Crippen LogP contribution is -2.30. The van der Waals surface area contributed by atoms with Gasteiger partial charge in [-0.15, -0.1) is 0 Å². The number of hydrogen-bond donors (Lipinski definition) is 3. The van der Waals surface area contributed by atoms with Gasteiger partial charge in [0.2, 0.25) is 11.8 Å². The Kier molecular flexibility index (Phi) is 5.03. The van der Waals surface area contributed by atoms with E-state index in [0.717, 1.165) is 20.3 Å². The third kappa shape index (κ3) is 3.98. The third-order valence-electron chi connectivity index (χ3n) is 4.07. The van der Waals surface area contributed by atoms with Crippen LogP contribution in [0, 0.1) is 0 Å². The second-order valence-corrected chi connectivity index (χ2v) is 7.95. The first kappa shape index (κ1) is 19.1. The van der Waals surface area contributed by atoms with Crippen molar-refractivity contribution in [2.75, 3.05) is 12.4 Å². The molecule has 2 heterocycles. The number of carbonyl (C=O) groups is 1. The number of aliphatic imine (C=N–C) groups is 1. The molecule has 29 heavy (non-hydrogen) atoms. The van der Waals surface area contributed by atoms with Gasteiger partial charge in [0.1, 0.15) is 0 Å². The van der Waals surface area contributed by atoms with Crippen molar-refractivity contribution in [2.45, 2.75) is 0 Å². The number of rotatable bonds is 3. The number of amides is 1. The Morgan fingerprint density at radius 3 is 2.79 bits per heavy atom. The predicted octanol–water partition coefficient (Wildman–Crippen LogP) is 3.41. The number of guanidine groups is 1. The highest BCUT2D eigenvalue weighted by Gasteiger charge is 2.17. The first-order chi connectivity index (χ1) is 13.9. The van der Waals surface area contributed by atoms with Crippen LogP contribution in [0.3, 0.4) is 0 Å². The van der Waals surface area contributed by atoms with E-state index >= 15 is 0 Å². The summed E-state index contributed by atoms with van der Waals surface area (Å²) < 4.78 is 0.891. The molecular weight excluding hydrogens is 458 g/mol. The summed E-state index contributed by atoms with van der Waals surface area (Å²) in [5, 5.41) is 24.4. The normalized spacial score (nSPS) is 12.9. The van der Waals surface area contributed by atoms with Crippen LogP contribution in [-0.2, 0) is 0 Å². The molecule has 1 aliphatic heterocycles. The van der Waals surface area contributed by atoms with Crippen molar-refractivity contribution in [2.24, 2.45) is 9.98 Å². The minimum atomic E-state index is -1.13. The lowest BCUT2D eigenvalue weighted by Gasteiger charge is -2.08. The number of aromatic hydroxyl groups is 1. The fourth-order valence-electron chi connectivity index (χ4n) is 2.59. The Labute approximate surface area is 177 Å². The number of nitrogens with one attached hydrogen (secondary N) is 1. The largest absolute Gasteiger partial charge is 0.492 e. The number of fused-ring (bicyclic) bond motifs is 1. The van der Waals surface area contributed by atoms with Crippen LogP contribution in [0.1, 0.15) is 4.88 Å². The van der Waals surface area contributed by atoms with Crippen LogP contribution in [0.5, 0.6) is 5.88 Å². The van der Waals surface area contributed by atoms with Crippen molar-refractivity contribution in [3.63, 3.8) is 0 Å². The van der Waals surface area contributed by atoms with E-state index in [2.05, 4.69) is 36.2 Å². The Morgan fingerprint density at radius 2 is 2.03 bits per heavy atom. The molecule has 0 saturated heterocycles. The van der Waals surface area contributed by atoms with Gasteiger partial charge in [0.05, 0.1) is 21.6 Å². The Hall–Kier alpha value is -3.24. The first-order valence-electron chi connectivity index (χ1n) is 8.38. The van der Waals surface area contributed by atoms with Gasteiger partial charge >= 0.3 is 6.09 Å². The summed E-state index contributed by atoms with van der Waals surface area (Å²) in [6.45, 7) is 0. The van der Waals surface area contributed by atoms with Crippen LogP contribution < -0.4 is 15.9 Å². The van der Waals surface area contributed by atoms with Crippen LogP contribution in [0.2, 0.25) is 0 Å². The van der Waals surface area contributed by atoms with Gasteiger partial charge in [0, 0.05) is 11.5 Å². The summed E-state index contributed by atoms with van der Waals surface area (Å²) in [5.41, 5.74) is 1.41. The second kappa shape index (κ2) is 7.64. The molecular formula is C19H14BrN5O3S. The molecule has 3 aromatic rings. The van der Waals surface area contributed by atoms with Gasteiger partial charge in [-0.2, -0.15) is 4.98 Å². The number of halogens is 1. The monoisotopic (exact) mass is 471 g/mol. The molecule has 0 spiro atoms.